The lowest BCUT2D eigenvalue weighted by atomic mass is 9.85. The molecular formula is C19H21F2N5O2. The Morgan fingerprint density at radius 3 is 2.61 bits per heavy atom. The van der Waals surface area contributed by atoms with Crippen LogP contribution in [0.5, 0.6) is 0 Å². The van der Waals surface area contributed by atoms with E-state index in [1.165, 1.54) is 17.1 Å². The van der Waals surface area contributed by atoms with Crippen LogP contribution in [-0.4, -0.2) is 40.4 Å². The molecule has 0 spiro atoms. The molecule has 0 bridgehead atoms. The fourth-order valence-corrected chi connectivity index (χ4v) is 3.94. The van der Waals surface area contributed by atoms with Gasteiger partial charge in [-0.05, 0) is 30.0 Å². The molecule has 1 fully saturated rings. The Kier molecular flexibility index (Phi) is 4.82. The third kappa shape index (κ3) is 3.48. The lowest BCUT2D eigenvalue weighted by Gasteiger charge is -2.37. The number of rotatable bonds is 3. The van der Waals surface area contributed by atoms with Crippen molar-refractivity contribution >= 4 is 18.1 Å². The van der Waals surface area contributed by atoms with E-state index in [2.05, 4.69) is 15.3 Å². The fraction of sp³-hybridized carbons (Fsp3) is 0.474. The SMILES string of the molecule is Cc1nnc(N2CC[C@@H](C(=O)N3N=CC[C@@H]3c3cc(F)cc(F)c3)[C@@H](C)C2)o1. The van der Waals surface area contributed by atoms with Gasteiger partial charge in [-0.15, -0.1) is 5.10 Å². The molecule has 9 heteroatoms. The summed E-state index contributed by atoms with van der Waals surface area (Å²) in [6.45, 7) is 4.94. The molecule has 1 amide bonds. The molecule has 1 aromatic carbocycles. The highest BCUT2D eigenvalue weighted by Gasteiger charge is 2.39. The zero-order valence-corrected chi connectivity index (χ0v) is 15.7. The second kappa shape index (κ2) is 7.29. The molecule has 2 aliphatic rings. The monoisotopic (exact) mass is 389 g/mol. The number of hydrogen-bond acceptors (Lipinski definition) is 6. The van der Waals surface area contributed by atoms with Gasteiger partial charge in [0.1, 0.15) is 11.6 Å². The number of anilines is 1. The van der Waals surface area contributed by atoms with Gasteiger partial charge in [-0.1, -0.05) is 12.0 Å². The highest BCUT2D eigenvalue weighted by molar-refractivity contribution is 5.82. The van der Waals surface area contributed by atoms with Crippen LogP contribution >= 0.6 is 0 Å². The molecule has 0 aliphatic carbocycles. The van der Waals surface area contributed by atoms with E-state index in [0.717, 1.165) is 6.07 Å². The molecule has 7 nitrogen and oxygen atoms in total. The molecule has 2 aliphatic heterocycles. The normalized spacial score (nSPS) is 24.8. The van der Waals surface area contributed by atoms with Crippen LogP contribution in [0.3, 0.4) is 0 Å². The summed E-state index contributed by atoms with van der Waals surface area (Å²) in [7, 11) is 0. The van der Waals surface area contributed by atoms with Gasteiger partial charge in [0.15, 0.2) is 0 Å². The third-order valence-corrected chi connectivity index (χ3v) is 5.33. The Labute approximate surface area is 161 Å². The predicted molar refractivity (Wildman–Crippen MR) is 97.6 cm³/mol. The molecule has 1 saturated heterocycles. The summed E-state index contributed by atoms with van der Waals surface area (Å²) in [5.41, 5.74) is 0.412. The van der Waals surface area contributed by atoms with E-state index in [1.54, 1.807) is 13.1 Å². The number of benzene rings is 1. The van der Waals surface area contributed by atoms with E-state index in [1.807, 2.05) is 11.8 Å². The topological polar surface area (TPSA) is 74.8 Å². The maximum absolute atomic E-state index is 13.6. The minimum absolute atomic E-state index is 0.0363. The summed E-state index contributed by atoms with van der Waals surface area (Å²) in [6.07, 6.45) is 2.66. The molecule has 2 aromatic rings. The lowest BCUT2D eigenvalue weighted by molar-refractivity contribution is -0.139. The van der Waals surface area contributed by atoms with Crippen LogP contribution in [0.25, 0.3) is 0 Å². The Hall–Kier alpha value is -2.84. The van der Waals surface area contributed by atoms with Crippen molar-refractivity contribution < 1.29 is 18.0 Å². The molecule has 1 aromatic heterocycles. The highest BCUT2D eigenvalue weighted by atomic mass is 19.1. The van der Waals surface area contributed by atoms with Crippen molar-refractivity contribution in [3.8, 4) is 0 Å². The Morgan fingerprint density at radius 2 is 1.96 bits per heavy atom. The molecule has 0 N–H and O–H groups in total. The number of hydrogen-bond donors (Lipinski definition) is 0. The number of aryl methyl sites for hydroxylation is 1. The minimum atomic E-state index is -0.661. The van der Waals surface area contributed by atoms with Gasteiger partial charge >= 0.3 is 6.01 Å². The van der Waals surface area contributed by atoms with Gasteiger partial charge in [0.05, 0.1) is 6.04 Å². The van der Waals surface area contributed by atoms with Crippen molar-refractivity contribution in [1.82, 2.24) is 15.2 Å². The van der Waals surface area contributed by atoms with Crippen molar-refractivity contribution in [3.05, 3.63) is 41.3 Å². The molecular weight excluding hydrogens is 368 g/mol. The first kappa shape index (κ1) is 18.5. The molecule has 28 heavy (non-hydrogen) atoms. The van der Waals surface area contributed by atoms with Crippen molar-refractivity contribution in [2.24, 2.45) is 16.9 Å². The first-order valence-electron chi connectivity index (χ1n) is 9.29. The molecule has 148 valence electrons. The van der Waals surface area contributed by atoms with Crippen LogP contribution < -0.4 is 4.90 Å². The second-order valence-corrected chi connectivity index (χ2v) is 7.36. The number of carbonyl (C=O) groups excluding carboxylic acids is 1. The second-order valence-electron chi connectivity index (χ2n) is 7.36. The van der Waals surface area contributed by atoms with Crippen LogP contribution in [0.2, 0.25) is 0 Å². The highest BCUT2D eigenvalue weighted by Crippen LogP contribution is 2.34. The van der Waals surface area contributed by atoms with Gasteiger partial charge in [-0.2, -0.15) is 5.10 Å². The van der Waals surface area contributed by atoms with E-state index >= 15 is 0 Å². The molecule has 3 atom stereocenters. The Morgan fingerprint density at radius 1 is 1.21 bits per heavy atom. The average molecular weight is 389 g/mol. The number of piperidine rings is 1. The smallest absolute Gasteiger partial charge is 0.318 e. The summed E-state index contributed by atoms with van der Waals surface area (Å²) >= 11 is 0. The number of carbonyl (C=O) groups is 1. The van der Waals surface area contributed by atoms with E-state index in [0.29, 0.717) is 43.4 Å². The fourth-order valence-electron chi connectivity index (χ4n) is 3.94. The van der Waals surface area contributed by atoms with Crippen LogP contribution in [-0.2, 0) is 4.79 Å². The summed E-state index contributed by atoms with van der Waals surface area (Å²) in [6, 6.07) is 3.31. The third-order valence-electron chi connectivity index (χ3n) is 5.33. The minimum Gasteiger partial charge on any atom is -0.408 e. The van der Waals surface area contributed by atoms with E-state index in [-0.39, 0.29) is 17.7 Å². The van der Waals surface area contributed by atoms with E-state index in [9.17, 15) is 13.6 Å². The van der Waals surface area contributed by atoms with Crippen LogP contribution in [0.15, 0.2) is 27.7 Å². The molecule has 0 radical (unpaired) electrons. The van der Waals surface area contributed by atoms with Crippen LogP contribution in [0.4, 0.5) is 14.8 Å². The van der Waals surface area contributed by atoms with Gasteiger partial charge in [-0.25, -0.2) is 13.8 Å². The number of amides is 1. The van der Waals surface area contributed by atoms with Crippen molar-refractivity contribution in [2.75, 3.05) is 18.0 Å². The van der Waals surface area contributed by atoms with Crippen LogP contribution in [0.1, 0.15) is 37.3 Å². The maximum Gasteiger partial charge on any atom is 0.318 e. The number of nitrogens with zero attached hydrogens (tertiary/aromatic N) is 5. The molecule has 4 rings (SSSR count). The molecule has 3 heterocycles. The van der Waals surface area contributed by atoms with Crippen molar-refractivity contribution in [2.45, 2.75) is 32.7 Å². The molecule has 0 unspecified atom stereocenters. The zero-order valence-electron chi connectivity index (χ0n) is 15.7. The quantitative estimate of drug-likeness (QED) is 0.807. The number of aromatic nitrogens is 2. The summed E-state index contributed by atoms with van der Waals surface area (Å²) in [4.78, 5) is 15.1. The Balaban J connectivity index is 1.48. The van der Waals surface area contributed by atoms with Gasteiger partial charge in [0.2, 0.25) is 11.8 Å². The number of halogens is 2. The summed E-state index contributed by atoms with van der Waals surface area (Å²) in [5, 5.41) is 13.5. The first-order valence-corrected chi connectivity index (χ1v) is 9.29. The van der Waals surface area contributed by atoms with Gasteiger partial charge < -0.3 is 9.32 Å². The summed E-state index contributed by atoms with van der Waals surface area (Å²) < 4.78 is 32.7. The van der Waals surface area contributed by atoms with E-state index in [4.69, 9.17) is 4.42 Å². The first-order chi connectivity index (χ1) is 13.4. The lowest BCUT2D eigenvalue weighted by Crippen LogP contribution is -2.46. The van der Waals surface area contributed by atoms with Crippen LogP contribution in [0, 0.1) is 30.4 Å². The molecule has 0 saturated carbocycles. The summed E-state index contributed by atoms with van der Waals surface area (Å²) in [5.74, 6) is -1.16. The zero-order chi connectivity index (χ0) is 19.8. The van der Waals surface area contributed by atoms with Crippen molar-refractivity contribution in [1.29, 1.82) is 0 Å². The number of hydrazone groups is 1. The van der Waals surface area contributed by atoms with Gasteiger partial charge in [-0.3, -0.25) is 4.79 Å². The Bertz CT molecular complexity index is 895. The maximum atomic E-state index is 13.6. The standard InChI is InChI=1S/C19H21F2N5O2/c1-11-10-25(19-24-23-12(2)28-19)6-4-16(11)18(27)26-17(3-5-22-26)13-7-14(20)9-15(21)8-13/h5,7-9,11,16-17H,3-4,6,10H2,1-2H3/t11-,16+,17+/m0/s1. The average Bonchev–Trinajstić information content (AvgIpc) is 3.29. The van der Waals surface area contributed by atoms with E-state index < -0.39 is 17.7 Å². The van der Waals surface area contributed by atoms with Crippen molar-refractivity contribution in [3.63, 3.8) is 0 Å². The largest absolute Gasteiger partial charge is 0.408 e. The van der Waals surface area contributed by atoms with Gasteiger partial charge in [0.25, 0.3) is 0 Å². The van der Waals surface area contributed by atoms with Gasteiger partial charge in [0, 0.05) is 44.6 Å². The predicted octanol–water partition coefficient (Wildman–Crippen LogP) is 3.08.